The highest BCUT2D eigenvalue weighted by Crippen LogP contribution is 2.28. The minimum absolute atomic E-state index is 0.504. The number of aryl methyl sites for hydroxylation is 4. The molecule has 0 aliphatic heterocycles. The third-order valence-corrected chi connectivity index (χ3v) is 3.89. The molecule has 124 valence electrons. The average molecular weight is 323 g/mol. The molecule has 6 nitrogen and oxygen atoms in total. The number of benzene rings is 1. The summed E-state index contributed by atoms with van der Waals surface area (Å²) in [6.45, 7) is 8.51. The zero-order valence-electron chi connectivity index (χ0n) is 14.7. The molecule has 2 aromatic heterocycles. The van der Waals surface area contributed by atoms with E-state index in [2.05, 4.69) is 26.3 Å². The molecule has 0 saturated heterocycles. The van der Waals surface area contributed by atoms with Crippen LogP contribution in [-0.4, -0.2) is 32.1 Å². The molecule has 0 aliphatic rings. The lowest BCUT2D eigenvalue weighted by Gasteiger charge is -2.09. The van der Waals surface area contributed by atoms with Crippen LogP contribution in [0.25, 0.3) is 11.3 Å². The van der Waals surface area contributed by atoms with Crippen LogP contribution in [0, 0.1) is 27.7 Å². The maximum Gasteiger partial charge on any atom is 0.150 e. The van der Waals surface area contributed by atoms with Crippen LogP contribution in [0.4, 0.5) is 0 Å². The molecule has 0 aliphatic carbocycles. The van der Waals surface area contributed by atoms with Crippen molar-refractivity contribution in [1.82, 2.24) is 25.0 Å². The highest BCUT2D eigenvalue weighted by atomic mass is 16.5. The van der Waals surface area contributed by atoms with Gasteiger partial charge < -0.3 is 4.74 Å². The average Bonchev–Trinajstić information content (AvgIpc) is 2.96. The van der Waals surface area contributed by atoms with E-state index in [9.17, 15) is 0 Å². The number of methoxy groups -OCH3 is 1. The second-order valence-electron chi connectivity index (χ2n) is 6.01. The van der Waals surface area contributed by atoms with Crippen molar-refractivity contribution in [2.45, 2.75) is 34.2 Å². The molecular weight excluding hydrogens is 302 g/mol. The first kappa shape index (κ1) is 16.1. The predicted octanol–water partition coefficient (Wildman–Crippen LogP) is 3.03. The van der Waals surface area contributed by atoms with Gasteiger partial charge in [0.25, 0.3) is 0 Å². The van der Waals surface area contributed by atoms with Gasteiger partial charge in [-0.05, 0) is 57.0 Å². The zero-order chi connectivity index (χ0) is 17.3. The highest BCUT2D eigenvalue weighted by Gasteiger charge is 2.11. The Kier molecular flexibility index (Phi) is 4.29. The smallest absolute Gasteiger partial charge is 0.150 e. The Labute approximate surface area is 141 Å². The van der Waals surface area contributed by atoms with Crippen LogP contribution < -0.4 is 4.74 Å². The van der Waals surface area contributed by atoms with Gasteiger partial charge in [0.15, 0.2) is 0 Å². The molecule has 6 heteroatoms. The van der Waals surface area contributed by atoms with Crippen molar-refractivity contribution in [3.8, 4) is 17.0 Å². The van der Waals surface area contributed by atoms with Crippen LogP contribution in [-0.2, 0) is 6.54 Å². The summed E-state index contributed by atoms with van der Waals surface area (Å²) in [6, 6.07) is 6.06. The molecule has 0 saturated carbocycles. The van der Waals surface area contributed by atoms with Crippen LogP contribution in [0.3, 0.4) is 0 Å². The van der Waals surface area contributed by atoms with E-state index in [1.165, 1.54) is 0 Å². The molecule has 1 aromatic carbocycles. The van der Waals surface area contributed by atoms with Gasteiger partial charge in [0.2, 0.25) is 0 Å². The van der Waals surface area contributed by atoms with E-state index in [1.54, 1.807) is 11.8 Å². The van der Waals surface area contributed by atoms with Gasteiger partial charge in [-0.2, -0.15) is 0 Å². The van der Waals surface area contributed by atoms with Crippen molar-refractivity contribution in [2.75, 3.05) is 7.11 Å². The molecule has 3 aromatic rings. The molecule has 0 atom stereocenters. The van der Waals surface area contributed by atoms with E-state index in [1.807, 2.05) is 46.0 Å². The Bertz CT molecular complexity index is 865. The van der Waals surface area contributed by atoms with Crippen LogP contribution in [0.1, 0.15) is 28.3 Å². The van der Waals surface area contributed by atoms with Gasteiger partial charge in [-0.1, -0.05) is 5.21 Å². The number of hydrogen-bond donors (Lipinski definition) is 0. The predicted molar refractivity (Wildman–Crippen MR) is 92.1 cm³/mol. The monoisotopic (exact) mass is 323 g/mol. The van der Waals surface area contributed by atoms with Crippen molar-refractivity contribution in [3.63, 3.8) is 0 Å². The maximum atomic E-state index is 5.37. The van der Waals surface area contributed by atoms with E-state index < -0.39 is 0 Å². The fourth-order valence-electron chi connectivity index (χ4n) is 2.80. The molecule has 0 radical (unpaired) electrons. The first-order valence-electron chi connectivity index (χ1n) is 7.83. The number of hydrogen-bond acceptors (Lipinski definition) is 5. The third-order valence-electron chi connectivity index (χ3n) is 3.89. The summed E-state index contributed by atoms with van der Waals surface area (Å²) < 4.78 is 7.13. The molecule has 0 fully saturated rings. The van der Waals surface area contributed by atoms with E-state index in [0.29, 0.717) is 6.54 Å². The van der Waals surface area contributed by atoms with Gasteiger partial charge in [0, 0.05) is 17.0 Å². The highest BCUT2D eigenvalue weighted by molar-refractivity contribution is 5.65. The van der Waals surface area contributed by atoms with Crippen molar-refractivity contribution in [3.05, 3.63) is 52.7 Å². The van der Waals surface area contributed by atoms with Gasteiger partial charge in [0.1, 0.15) is 23.8 Å². The topological polar surface area (TPSA) is 65.7 Å². The molecule has 0 bridgehead atoms. The summed E-state index contributed by atoms with van der Waals surface area (Å²) in [5, 5.41) is 8.52. The van der Waals surface area contributed by atoms with E-state index in [-0.39, 0.29) is 0 Å². The Hall–Kier alpha value is -2.76. The van der Waals surface area contributed by atoms with Crippen molar-refractivity contribution in [1.29, 1.82) is 0 Å². The lowest BCUT2D eigenvalue weighted by atomic mass is 10.0. The molecule has 2 heterocycles. The molecule has 3 rings (SSSR count). The second kappa shape index (κ2) is 6.39. The first-order valence-corrected chi connectivity index (χ1v) is 7.83. The summed E-state index contributed by atoms with van der Waals surface area (Å²) >= 11 is 0. The summed E-state index contributed by atoms with van der Waals surface area (Å²) in [6.07, 6.45) is 1.93. The molecule has 0 unspecified atom stereocenters. The molecular formula is C18H21N5O. The standard InChI is InChI=1S/C18H21N5O/c1-11-7-17(24-5)12(2)6-15(11)16-9-23(22-21-16)10-18-19-13(3)8-14(4)20-18/h6-9H,10H2,1-5H3. The summed E-state index contributed by atoms with van der Waals surface area (Å²) in [4.78, 5) is 8.90. The Morgan fingerprint density at radius 3 is 2.33 bits per heavy atom. The second-order valence-corrected chi connectivity index (χ2v) is 6.01. The van der Waals surface area contributed by atoms with Gasteiger partial charge in [-0.3, -0.25) is 0 Å². The first-order chi connectivity index (χ1) is 11.5. The Morgan fingerprint density at radius 2 is 1.67 bits per heavy atom. The van der Waals surface area contributed by atoms with Crippen LogP contribution >= 0.6 is 0 Å². The lowest BCUT2D eigenvalue weighted by Crippen LogP contribution is -2.06. The molecule has 24 heavy (non-hydrogen) atoms. The SMILES string of the molecule is COc1cc(C)c(-c2cn(Cc3nc(C)cc(C)n3)nn2)cc1C. The molecule has 0 N–H and O–H groups in total. The van der Waals surface area contributed by atoms with Gasteiger partial charge in [0.05, 0.1) is 13.3 Å². The minimum atomic E-state index is 0.504. The molecule has 0 amide bonds. The van der Waals surface area contributed by atoms with E-state index in [0.717, 1.165) is 45.3 Å². The summed E-state index contributed by atoms with van der Waals surface area (Å²) in [5.41, 5.74) is 5.99. The van der Waals surface area contributed by atoms with E-state index in [4.69, 9.17) is 4.74 Å². The summed E-state index contributed by atoms with van der Waals surface area (Å²) in [5.74, 6) is 1.62. The lowest BCUT2D eigenvalue weighted by molar-refractivity contribution is 0.411. The van der Waals surface area contributed by atoms with Crippen molar-refractivity contribution in [2.24, 2.45) is 0 Å². The number of nitrogens with zero attached hydrogens (tertiary/aromatic N) is 5. The fraction of sp³-hybridized carbons (Fsp3) is 0.333. The minimum Gasteiger partial charge on any atom is -0.496 e. The quantitative estimate of drug-likeness (QED) is 0.738. The molecule has 0 spiro atoms. The van der Waals surface area contributed by atoms with Crippen LogP contribution in [0.5, 0.6) is 5.75 Å². The van der Waals surface area contributed by atoms with Gasteiger partial charge in [-0.15, -0.1) is 5.10 Å². The normalized spacial score (nSPS) is 10.9. The Balaban J connectivity index is 1.89. The zero-order valence-corrected chi connectivity index (χ0v) is 14.7. The fourth-order valence-corrected chi connectivity index (χ4v) is 2.80. The van der Waals surface area contributed by atoms with Gasteiger partial charge >= 0.3 is 0 Å². The Morgan fingerprint density at radius 1 is 0.958 bits per heavy atom. The largest absolute Gasteiger partial charge is 0.496 e. The van der Waals surface area contributed by atoms with Crippen molar-refractivity contribution < 1.29 is 4.74 Å². The maximum absolute atomic E-state index is 5.37. The number of aromatic nitrogens is 5. The number of rotatable bonds is 4. The summed E-state index contributed by atoms with van der Waals surface area (Å²) in [7, 11) is 1.68. The van der Waals surface area contributed by atoms with E-state index >= 15 is 0 Å². The van der Waals surface area contributed by atoms with Crippen LogP contribution in [0.2, 0.25) is 0 Å². The number of ether oxygens (including phenoxy) is 1. The van der Waals surface area contributed by atoms with Gasteiger partial charge in [-0.25, -0.2) is 14.6 Å². The third kappa shape index (κ3) is 3.27. The van der Waals surface area contributed by atoms with Crippen LogP contribution in [0.15, 0.2) is 24.4 Å². The van der Waals surface area contributed by atoms with Crippen molar-refractivity contribution >= 4 is 0 Å².